The first-order valence-corrected chi connectivity index (χ1v) is 7.90. The maximum atomic E-state index is 11.8. The molecular formula is C14H21N5OS. The molecule has 7 heteroatoms. The second-order valence-electron chi connectivity index (χ2n) is 5.29. The zero-order chi connectivity index (χ0) is 15.1. The fourth-order valence-corrected chi connectivity index (χ4v) is 2.43. The molecule has 0 aliphatic carbocycles. The highest BCUT2D eigenvalue weighted by molar-refractivity contribution is 7.09. The quantitative estimate of drug-likeness (QED) is 0.773. The van der Waals surface area contributed by atoms with Gasteiger partial charge in [0.2, 0.25) is 5.91 Å². The van der Waals surface area contributed by atoms with Crippen LogP contribution < -0.4 is 10.6 Å². The Bertz CT molecular complexity index is 549. The summed E-state index contributed by atoms with van der Waals surface area (Å²) < 4.78 is 1.57. The summed E-state index contributed by atoms with van der Waals surface area (Å²) in [6.45, 7) is 6.68. The van der Waals surface area contributed by atoms with Crippen molar-refractivity contribution in [3.8, 4) is 0 Å². The Labute approximate surface area is 128 Å². The molecule has 0 unspecified atom stereocenters. The van der Waals surface area contributed by atoms with E-state index in [2.05, 4.69) is 34.8 Å². The topological polar surface area (TPSA) is 71.8 Å². The van der Waals surface area contributed by atoms with Crippen LogP contribution in [0.2, 0.25) is 0 Å². The van der Waals surface area contributed by atoms with Gasteiger partial charge in [0, 0.05) is 11.4 Å². The molecule has 0 aliphatic rings. The average molecular weight is 307 g/mol. The van der Waals surface area contributed by atoms with Crippen LogP contribution in [-0.4, -0.2) is 27.4 Å². The Kier molecular flexibility index (Phi) is 5.89. The number of carbonyl (C=O) groups is 1. The van der Waals surface area contributed by atoms with E-state index in [0.29, 0.717) is 19.0 Å². The first kappa shape index (κ1) is 15.7. The van der Waals surface area contributed by atoms with E-state index < -0.39 is 0 Å². The largest absolute Gasteiger partial charge is 0.350 e. The molecule has 21 heavy (non-hydrogen) atoms. The molecule has 0 spiro atoms. The lowest BCUT2D eigenvalue weighted by molar-refractivity contribution is -0.122. The van der Waals surface area contributed by atoms with Gasteiger partial charge in [-0.05, 0) is 23.9 Å². The summed E-state index contributed by atoms with van der Waals surface area (Å²) in [4.78, 5) is 12.9. The predicted molar refractivity (Wildman–Crippen MR) is 82.7 cm³/mol. The number of hydrogen-bond acceptors (Lipinski definition) is 5. The Balaban J connectivity index is 1.72. The summed E-state index contributed by atoms with van der Waals surface area (Å²) in [5, 5.41) is 16.2. The van der Waals surface area contributed by atoms with Crippen LogP contribution in [0.5, 0.6) is 0 Å². The van der Waals surface area contributed by atoms with Crippen LogP contribution >= 0.6 is 11.3 Å². The van der Waals surface area contributed by atoms with Gasteiger partial charge in [-0.2, -0.15) is 0 Å². The average Bonchev–Trinajstić information content (AvgIpc) is 3.08. The molecule has 2 aromatic heterocycles. The van der Waals surface area contributed by atoms with Crippen molar-refractivity contribution < 1.29 is 4.79 Å². The number of thiophene rings is 1. The van der Waals surface area contributed by atoms with E-state index in [1.807, 2.05) is 17.5 Å². The summed E-state index contributed by atoms with van der Waals surface area (Å²) in [6.07, 6.45) is 1.80. The first-order valence-electron chi connectivity index (χ1n) is 7.02. The van der Waals surface area contributed by atoms with Crippen molar-refractivity contribution in [1.29, 1.82) is 0 Å². The summed E-state index contributed by atoms with van der Waals surface area (Å²) in [5.41, 5.74) is 0.849. The van der Waals surface area contributed by atoms with Gasteiger partial charge in [-0.1, -0.05) is 25.1 Å². The normalized spacial score (nSPS) is 11.0. The Morgan fingerprint density at radius 3 is 3.00 bits per heavy atom. The fourth-order valence-electron chi connectivity index (χ4n) is 1.79. The number of nitrogens with one attached hydrogen (secondary N) is 2. The van der Waals surface area contributed by atoms with Gasteiger partial charge in [0.25, 0.3) is 0 Å². The lowest BCUT2D eigenvalue weighted by atomic mass is 10.2. The van der Waals surface area contributed by atoms with Crippen LogP contribution in [0.3, 0.4) is 0 Å². The van der Waals surface area contributed by atoms with Gasteiger partial charge < -0.3 is 10.6 Å². The Hall–Kier alpha value is -1.73. The van der Waals surface area contributed by atoms with Crippen LogP contribution in [0.1, 0.15) is 24.4 Å². The molecule has 6 nitrogen and oxygen atoms in total. The minimum absolute atomic E-state index is 0.0602. The van der Waals surface area contributed by atoms with E-state index >= 15 is 0 Å². The first-order chi connectivity index (χ1) is 10.1. The van der Waals surface area contributed by atoms with Crippen LogP contribution in [-0.2, 0) is 24.4 Å². The van der Waals surface area contributed by atoms with Gasteiger partial charge in [-0.25, -0.2) is 4.68 Å². The molecule has 0 saturated carbocycles. The maximum Gasteiger partial charge on any atom is 0.242 e. The number of rotatable bonds is 8. The summed E-state index contributed by atoms with van der Waals surface area (Å²) in [6, 6.07) is 3.97. The maximum absolute atomic E-state index is 11.8. The van der Waals surface area contributed by atoms with E-state index in [9.17, 15) is 4.79 Å². The monoisotopic (exact) mass is 307 g/mol. The number of aromatic nitrogens is 3. The highest BCUT2D eigenvalue weighted by Crippen LogP contribution is 2.07. The summed E-state index contributed by atoms with van der Waals surface area (Å²) in [7, 11) is 0. The highest BCUT2D eigenvalue weighted by Gasteiger charge is 2.06. The van der Waals surface area contributed by atoms with Crippen molar-refractivity contribution in [2.75, 3.05) is 6.54 Å². The Morgan fingerprint density at radius 1 is 1.43 bits per heavy atom. The zero-order valence-electron chi connectivity index (χ0n) is 12.4. The second-order valence-corrected chi connectivity index (χ2v) is 6.32. The SMILES string of the molecule is CC(C)CNCc1cn(CC(=O)NCc2cccs2)nn1. The van der Waals surface area contributed by atoms with Crippen molar-refractivity contribution >= 4 is 17.2 Å². The third-order valence-electron chi connectivity index (χ3n) is 2.79. The molecule has 2 rings (SSSR count). The van der Waals surface area contributed by atoms with Gasteiger partial charge in [0.15, 0.2) is 0 Å². The van der Waals surface area contributed by atoms with Crippen molar-refractivity contribution in [2.24, 2.45) is 5.92 Å². The van der Waals surface area contributed by atoms with E-state index in [0.717, 1.165) is 17.1 Å². The third-order valence-corrected chi connectivity index (χ3v) is 3.67. The predicted octanol–water partition coefficient (Wildman–Crippen LogP) is 1.40. The van der Waals surface area contributed by atoms with Gasteiger partial charge in [-0.3, -0.25) is 4.79 Å². The number of amides is 1. The molecule has 1 amide bonds. The lowest BCUT2D eigenvalue weighted by Gasteiger charge is -2.04. The smallest absolute Gasteiger partial charge is 0.242 e. The van der Waals surface area contributed by atoms with Crippen LogP contribution in [0.4, 0.5) is 0 Å². The summed E-state index contributed by atoms with van der Waals surface area (Å²) in [5.74, 6) is 0.540. The summed E-state index contributed by atoms with van der Waals surface area (Å²) >= 11 is 1.63. The van der Waals surface area contributed by atoms with E-state index in [1.54, 1.807) is 22.2 Å². The molecule has 2 heterocycles. The molecule has 0 bridgehead atoms. The van der Waals surface area contributed by atoms with Crippen molar-refractivity contribution in [3.63, 3.8) is 0 Å². The number of nitrogens with zero attached hydrogens (tertiary/aromatic N) is 3. The van der Waals surface area contributed by atoms with Crippen LogP contribution in [0, 0.1) is 5.92 Å². The van der Waals surface area contributed by atoms with Crippen LogP contribution in [0.15, 0.2) is 23.7 Å². The third kappa shape index (κ3) is 5.65. The fraction of sp³-hybridized carbons (Fsp3) is 0.500. The zero-order valence-corrected chi connectivity index (χ0v) is 13.2. The molecule has 114 valence electrons. The standard InChI is InChI=1S/C14H21N5OS/c1-11(2)6-15-7-12-9-19(18-17-12)10-14(20)16-8-13-4-3-5-21-13/h3-5,9,11,15H,6-8,10H2,1-2H3,(H,16,20). The van der Waals surface area contributed by atoms with Gasteiger partial charge in [-0.15, -0.1) is 16.4 Å². The molecular weight excluding hydrogens is 286 g/mol. The molecule has 0 atom stereocenters. The number of carbonyl (C=O) groups excluding carboxylic acids is 1. The van der Waals surface area contributed by atoms with Gasteiger partial charge in [0.1, 0.15) is 6.54 Å². The molecule has 0 fully saturated rings. The van der Waals surface area contributed by atoms with Crippen LogP contribution in [0.25, 0.3) is 0 Å². The molecule has 2 N–H and O–H groups in total. The minimum atomic E-state index is -0.0602. The van der Waals surface area contributed by atoms with Crippen molar-refractivity contribution in [1.82, 2.24) is 25.6 Å². The Morgan fingerprint density at radius 2 is 2.29 bits per heavy atom. The molecule has 0 saturated heterocycles. The van der Waals surface area contributed by atoms with Gasteiger partial charge in [0.05, 0.1) is 18.4 Å². The van der Waals surface area contributed by atoms with E-state index in [-0.39, 0.29) is 12.5 Å². The molecule has 2 aromatic rings. The molecule has 0 radical (unpaired) electrons. The number of hydrogen-bond donors (Lipinski definition) is 2. The van der Waals surface area contributed by atoms with E-state index in [4.69, 9.17) is 0 Å². The van der Waals surface area contributed by atoms with Crippen molar-refractivity contribution in [3.05, 3.63) is 34.3 Å². The van der Waals surface area contributed by atoms with Gasteiger partial charge >= 0.3 is 0 Å². The molecule has 0 aliphatic heterocycles. The van der Waals surface area contributed by atoms with E-state index in [1.165, 1.54) is 0 Å². The molecule has 0 aromatic carbocycles. The second kappa shape index (κ2) is 7.90. The van der Waals surface area contributed by atoms with Crippen molar-refractivity contribution in [2.45, 2.75) is 33.5 Å². The highest BCUT2D eigenvalue weighted by atomic mass is 32.1. The minimum Gasteiger partial charge on any atom is -0.350 e. The lowest BCUT2D eigenvalue weighted by Crippen LogP contribution is -2.27.